The maximum Gasteiger partial charge on any atom is 0.351 e. The summed E-state index contributed by atoms with van der Waals surface area (Å²) < 4.78 is 41.0. The minimum absolute atomic E-state index is 0.0347. The van der Waals surface area contributed by atoms with Crippen molar-refractivity contribution in [3.8, 4) is 5.75 Å². The fourth-order valence-corrected chi connectivity index (χ4v) is 3.24. The summed E-state index contributed by atoms with van der Waals surface area (Å²) in [6.45, 7) is 3.82. The smallest absolute Gasteiger partial charge is 0.351 e. The van der Waals surface area contributed by atoms with Crippen LogP contribution in [-0.4, -0.2) is 20.3 Å². The predicted octanol–water partition coefficient (Wildman–Crippen LogP) is 3.06. The number of ether oxygens (including phenoxy) is 1. The van der Waals surface area contributed by atoms with E-state index < -0.39 is 19.2 Å². The first-order valence-corrected chi connectivity index (χ1v) is 7.57. The monoisotopic (exact) mass is 291 g/mol. The van der Waals surface area contributed by atoms with Gasteiger partial charge in [0.2, 0.25) is 0 Å². The second-order valence-electron chi connectivity index (χ2n) is 3.71. The minimum atomic E-state index is -3.48. The summed E-state index contributed by atoms with van der Waals surface area (Å²) in [7, 11) is -2.13. The third kappa shape index (κ3) is 3.76. The molecule has 0 unspecified atom stereocenters. The number of benzene rings is 1. The molecule has 2 N–H and O–H groups in total. The van der Waals surface area contributed by atoms with Crippen molar-refractivity contribution in [3.05, 3.63) is 29.6 Å². The Balaban J connectivity index is 3.09. The molecule has 108 valence electrons. The van der Waals surface area contributed by atoms with Crippen LogP contribution in [0.3, 0.4) is 0 Å². The van der Waals surface area contributed by atoms with Gasteiger partial charge < -0.3 is 19.5 Å². The van der Waals surface area contributed by atoms with Crippen molar-refractivity contribution in [2.45, 2.75) is 19.6 Å². The van der Waals surface area contributed by atoms with Crippen LogP contribution in [0.15, 0.2) is 18.2 Å². The van der Waals surface area contributed by atoms with Gasteiger partial charge >= 0.3 is 7.60 Å². The van der Waals surface area contributed by atoms with E-state index in [4.69, 9.17) is 19.5 Å². The Bertz CT molecular complexity index is 459. The van der Waals surface area contributed by atoms with Crippen LogP contribution in [0.2, 0.25) is 0 Å². The van der Waals surface area contributed by atoms with E-state index in [0.29, 0.717) is 5.56 Å². The van der Waals surface area contributed by atoms with Gasteiger partial charge in [0.25, 0.3) is 0 Å². The summed E-state index contributed by atoms with van der Waals surface area (Å²) in [6, 6.07) is 4.04. The lowest BCUT2D eigenvalue weighted by atomic mass is 10.2. The summed E-state index contributed by atoms with van der Waals surface area (Å²) >= 11 is 0. The topological polar surface area (TPSA) is 70.8 Å². The molecule has 1 aromatic rings. The highest BCUT2D eigenvalue weighted by molar-refractivity contribution is 7.54. The van der Waals surface area contributed by atoms with Crippen molar-refractivity contribution in [2.75, 3.05) is 20.3 Å². The molecule has 0 aromatic heterocycles. The Morgan fingerprint density at radius 1 is 1.32 bits per heavy atom. The van der Waals surface area contributed by atoms with Gasteiger partial charge in [-0.05, 0) is 31.5 Å². The highest BCUT2D eigenvalue weighted by atomic mass is 31.2. The molecule has 1 aromatic carbocycles. The van der Waals surface area contributed by atoms with Gasteiger partial charge in [-0.15, -0.1) is 0 Å². The molecule has 0 fully saturated rings. The average molecular weight is 291 g/mol. The molecule has 0 aliphatic carbocycles. The zero-order valence-corrected chi connectivity index (χ0v) is 12.2. The van der Waals surface area contributed by atoms with E-state index in [1.54, 1.807) is 13.8 Å². The maximum atomic E-state index is 13.3. The molecule has 0 saturated heterocycles. The Morgan fingerprint density at radius 2 is 1.89 bits per heavy atom. The normalized spacial score (nSPS) is 13.3. The predicted molar refractivity (Wildman–Crippen MR) is 70.7 cm³/mol. The Labute approximate surface area is 112 Å². The SMILES string of the molecule is CCOP(=O)(OCC)[C@@H](N)c1ccc(F)c(OC)c1. The van der Waals surface area contributed by atoms with Crippen molar-refractivity contribution in [1.29, 1.82) is 0 Å². The third-order valence-electron chi connectivity index (χ3n) is 2.48. The van der Waals surface area contributed by atoms with Crippen molar-refractivity contribution in [2.24, 2.45) is 5.73 Å². The van der Waals surface area contributed by atoms with Gasteiger partial charge in [-0.3, -0.25) is 4.57 Å². The van der Waals surface area contributed by atoms with Gasteiger partial charge in [0.15, 0.2) is 11.6 Å². The second-order valence-corrected chi connectivity index (χ2v) is 5.87. The van der Waals surface area contributed by atoms with Gasteiger partial charge in [-0.25, -0.2) is 4.39 Å². The van der Waals surface area contributed by atoms with Crippen molar-refractivity contribution in [3.63, 3.8) is 0 Å². The van der Waals surface area contributed by atoms with E-state index in [2.05, 4.69) is 0 Å². The van der Waals surface area contributed by atoms with Crippen LogP contribution in [0.1, 0.15) is 25.2 Å². The Morgan fingerprint density at radius 3 is 2.37 bits per heavy atom. The maximum absolute atomic E-state index is 13.3. The second kappa shape index (κ2) is 7.01. The van der Waals surface area contributed by atoms with Crippen molar-refractivity contribution >= 4 is 7.60 Å². The summed E-state index contributed by atoms with van der Waals surface area (Å²) in [5.74, 6) is -1.46. The van der Waals surface area contributed by atoms with Crippen LogP contribution >= 0.6 is 7.60 Å². The third-order valence-corrected chi connectivity index (χ3v) is 4.69. The van der Waals surface area contributed by atoms with E-state index in [-0.39, 0.29) is 19.0 Å². The molecule has 1 rings (SSSR count). The summed E-state index contributed by atoms with van der Waals surface area (Å²) in [4.78, 5) is 0. The van der Waals surface area contributed by atoms with Crippen LogP contribution in [0, 0.1) is 5.82 Å². The van der Waals surface area contributed by atoms with Gasteiger partial charge in [0.05, 0.1) is 20.3 Å². The number of halogens is 1. The number of nitrogens with two attached hydrogens (primary N) is 1. The van der Waals surface area contributed by atoms with E-state index >= 15 is 0 Å². The van der Waals surface area contributed by atoms with Gasteiger partial charge in [-0.1, -0.05) is 6.07 Å². The number of methoxy groups -OCH3 is 1. The zero-order valence-electron chi connectivity index (χ0n) is 11.3. The molecular weight excluding hydrogens is 272 g/mol. The lowest BCUT2D eigenvalue weighted by Gasteiger charge is -2.23. The summed E-state index contributed by atoms with van der Waals surface area (Å²) in [6.07, 6.45) is 0. The molecule has 0 amide bonds. The lowest BCUT2D eigenvalue weighted by Crippen LogP contribution is -2.15. The number of rotatable bonds is 7. The molecule has 1 atom stereocenters. The van der Waals surface area contributed by atoms with Crippen LogP contribution in [0.5, 0.6) is 5.75 Å². The molecule has 0 heterocycles. The highest BCUT2D eigenvalue weighted by Crippen LogP contribution is 2.58. The highest BCUT2D eigenvalue weighted by Gasteiger charge is 2.34. The largest absolute Gasteiger partial charge is 0.494 e. The van der Waals surface area contributed by atoms with Crippen molar-refractivity contribution in [1.82, 2.24) is 0 Å². The molecule has 0 aliphatic rings. The van der Waals surface area contributed by atoms with Crippen LogP contribution in [0.25, 0.3) is 0 Å². The van der Waals surface area contributed by atoms with Gasteiger partial charge in [0, 0.05) is 0 Å². The number of hydrogen-bond donors (Lipinski definition) is 1. The van der Waals surface area contributed by atoms with Crippen LogP contribution in [-0.2, 0) is 13.6 Å². The molecular formula is C12H19FNO4P. The van der Waals surface area contributed by atoms with E-state index in [9.17, 15) is 8.96 Å². The fraction of sp³-hybridized carbons (Fsp3) is 0.500. The molecule has 0 bridgehead atoms. The summed E-state index contributed by atoms with van der Waals surface area (Å²) in [5, 5.41) is 0. The van der Waals surface area contributed by atoms with E-state index in [1.807, 2.05) is 0 Å². The standard InChI is InChI=1S/C12H19FNO4P/c1-4-17-19(15,18-5-2)12(14)9-6-7-10(13)11(8-9)16-3/h6-8,12H,4-5,14H2,1-3H3/t12-/m1/s1. The van der Waals surface area contributed by atoms with E-state index in [0.717, 1.165) is 0 Å². The van der Waals surface area contributed by atoms with E-state index in [1.165, 1.54) is 25.3 Å². The summed E-state index contributed by atoms with van der Waals surface area (Å²) in [5.41, 5.74) is 6.36. The molecule has 0 saturated carbocycles. The van der Waals surface area contributed by atoms with Gasteiger partial charge in [-0.2, -0.15) is 0 Å². The lowest BCUT2D eigenvalue weighted by molar-refractivity contribution is 0.212. The fourth-order valence-electron chi connectivity index (χ4n) is 1.60. The zero-order chi connectivity index (χ0) is 14.5. The molecule has 19 heavy (non-hydrogen) atoms. The minimum Gasteiger partial charge on any atom is -0.494 e. The molecule has 0 spiro atoms. The van der Waals surface area contributed by atoms with Crippen LogP contribution in [0.4, 0.5) is 4.39 Å². The Hall–Kier alpha value is -0.940. The van der Waals surface area contributed by atoms with Gasteiger partial charge in [0.1, 0.15) is 5.78 Å². The first-order chi connectivity index (χ1) is 8.98. The Kier molecular flexibility index (Phi) is 5.94. The average Bonchev–Trinajstić information content (AvgIpc) is 2.39. The first kappa shape index (κ1) is 16.1. The first-order valence-electron chi connectivity index (χ1n) is 5.96. The van der Waals surface area contributed by atoms with Crippen LogP contribution < -0.4 is 10.5 Å². The molecule has 0 aliphatic heterocycles. The number of hydrogen-bond acceptors (Lipinski definition) is 5. The molecule has 5 nitrogen and oxygen atoms in total. The quantitative estimate of drug-likeness (QED) is 0.782. The van der Waals surface area contributed by atoms with Crippen molar-refractivity contribution < 1.29 is 22.7 Å². The molecule has 0 radical (unpaired) electrons. The molecule has 7 heteroatoms.